The fourth-order valence-electron chi connectivity index (χ4n) is 2.27. The van der Waals surface area contributed by atoms with Crippen molar-refractivity contribution in [1.82, 2.24) is 14.9 Å². The summed E-state index contributed by atoms with van der Waals surface area (Å²) in [5.74, 6) is 0.338. The van der Waals surface area contributed by atoms with E-state index in [4.69, 9.17) is 5.73 Å². The molecule has 19 heavy (non-hydrogen) atoms. The highest BCUT2D eigenvalue weighted by Gasteiger charge is 2.22. The molecule has 0 radical (unpaired) electrons. The largest absolute Gasteiger partial charge is 0.368 e. The number of hydrogen-bond donors (Lipinski definition) is 1. The fourth-order valence-corrected chi connectivity index (χ4v) is 2.27. The minimum Gasteiger partial charge on any atom is -0.368 e. The topological polar surface area (TPSA) is 72.1 Å². The molecule has 2 aromatic rings. The number of rotatable bonds is 1. The molecule has 96 valence electrons. The Balaban J connectivity index is 1.82. The van der Waals surface area contributed by atoms with E-state index in [1.807, 2.05) is 35.2 Å². The van der Waals surface area contributed by atoms with E-state index < -0.39 is 0 Å². The lowest BCUT2D eigenvalue weighted by Crippen LogP contribution is -2.36. The van der Waals surface area contributed by atoms with Gasteiger partial charge in [-0.25, -0.2) is 9.97 Å². The Bertz CT molecular complexity index is 612. The van der Waals surface area contributed by atoms with Gasteiger partial charge in [0.2, 0.25) is 5.95 Å². The van der Waals surface area contributed by atoms with Crippen molar-refractivity contribution in [3.8, 4) is 0 Å². The number of fused-ring (bicyclic) bond motifs is 1. The van der Waals surface area contributed by atoms with E-state index >= 15 is 0 Å². The zero-order chi connectivity index (χ0) is 13.2. The summed E-state index contributed by atoms with van der Waals surface area (Å²) in [6.45, 7) is 1.21. The standard InChI is InChI=1S/C14H14N4O/c15-14-16-8-11-9-18(7-6-12(11)17-14)13(19)10-4-2-1-3-5-10/h1-5,8H,6-7,9H2,(H2,15,16,17). The molecule has 0 unspecified atom stereocenters. The molecule has 1 aliphatic heterocycles. The van der Waals surface area contributed by atoms with Gasteiger partial charge in [-0.05, 0) is 12.1 Å². The van der Waals surface area contributed by atoms with Gasteiger partial charge in [-0.2, -0.15) is 0 Å². The number of carbonyl (C=O) groups is 1. The van der Waals surface area contributed by atoms with E-state index in [0.717, 1.165) is 17.7 Å². The first-order chi connectivity index (χ1) is 9.24. The molecule has 0 bridgehead atoms. The summed E-state index contributed by atoms with van der Waals surface area (Å²) in [4.78, 5) is 22.4. The van der Waals surface area contributed by atoms with Gasteiger partial charge in [-0.1, -0.05) is 18.2 Å². The Morgan fingerprint density at radius 2 is 2.05 bits per heavy atom. The van der Waals surface area contributed by atoms with Crippen LogP contribution in [0.3, 0.4) is 0 Å². The monoisotopic (exact) mass is 254 g/mol. The molecule has 1 aromatic heterocycles. The predicted molar refractivity (Wildman–Crippen MR) is 71.3 cm³/mol. The van der Waals surface area contributed by atoms with Gasteiger partial charge in [0.25, 0.3) is 5.91 Å². The number of nitrogens with two attached hydrogens (primary N) is 1. The molecular weight excluding hydrogens is 240 g/mol. The first-order valence-electron chi connectivity index (χ1n) is 6.18. The van der Waals surface area contributed by atoms with Gasteiger partial charge in [0.1, 0.15) is 0 Å². The molecule has 1 amide bonds. The average molecular weight is 254 g/mol. The van der Waals surface area contributed by atoms with E-state index in [1.165, 1.54) is 0 Å². The molecule has 0 atom stereocenters. The van der Waals surface area contributed by atoms with Gasteiger partial charge in [-0.3, -0.25) is 4.79 Å². The first-order valence-corrected chi connectivity index (χ1v) is 6.18. The Morgan fingerprint density at radius 3 is 2.84 bits per heavy atom. The number of hydrogen-bond acceptors (Lipinski definition) is 4. The van der Waals surface area contributed by atoms with Gasteiger partial charge in [0.15, 0.2) is 0 Å². The van der Waals surface area contributed by atoms with Crippen LogP contribution in [0.5, 0.6) is 0 Å². The van der Waals surface area contributed by atoms with E-state index in [0.29, 0.717) is 24.6 Å². The van der Waals surface area contributed by atoms with Gasteiger partial charge in [0.05, 0.1) is 5.69 Å². The lowest BCUT2D eigenvalue weighted by atomic mass is 10.1. The van der Waals surface area contributed by atoms with Gasteiger partial charge < -0.3 is 10.6 Å². The number of amides is 1. The molecular formula is C14H14N4O. The second-order valence-electron chi connectivity index (χ2n) is 4.54. The van der Waals surface area contributed by atoms with E-state index in [1.54, 1.807) is 6.20 Å². The zero-order valence-electron chi connectivity index (χ0n) is 10.4. The van der Waals surface area contributed by atoms with E-state index in [9.17, 15) is 4.79 Å². The highest BCUT2D eigenvalue weighted by molar-refractivity contribution is 5.94. The van der Waals surface area contributed by atoms with Crippen LogP contribution in [-0.4, -0.2) is 27.3 Å². The van der Waals surface area contributed by atoms with E-state index in [2.05, 4.69) is 9.97 Å². The number of anilines is 1. The number of aromatic nitrogens is 2. The Hall–Kier alpha value is -2.43. The molecule has 2 N–H and O–H groups in total. The van der Waals surface area contributed by atoms with Crippen molar-refractivity contribution < 1.29 is 4.79 Å². The molecule has 0 spiro atoms. The van der Waals surface area contributed by atoms with Crippen molar-refractivity contribution in [3.05, 3.63) is 53.3 Å². The SMILES string of the molecule is Nc1ncc2c(n1)CCN(C(=O)c1ccccc1)C2. The molecule has 1 aliphatic rings. The summed E-state index contributed by atoms with van der Waals surface area (Å²) < 4.78 is 0. The third kappa shape index (κ3) is 2.27. The van der Waals surface area contributed by atoms with Crippen LogP contribution >= 0.6 is 0 Å². The Morgan fingerprint density at radius 1 is 1.26 bits per heavy atom. The summed E-state index contributed by atoms with van der Waals surface area (Å²) in [6, 6.07) is 9.30. The second kappa shape index (κ2) is 4.68. The minimum absolute atomic E-state index is 0.0445. The van der Waals surface area contributed by atoms with Gasteiger partial charge in [-0.15, -0.1) is 0 Å². The number of benzene rings is 1. The maximum absolute atomic E-state index is 12.3. The molecule has 0 saturated heterocycles. The molecule has 2 heterocycles. The smallest absolute Gasteiger partial charge is 0.254 e. The van der Waals surface area contributed by atoms with Crippen molar-refractivity contribution >= 4 is 11.9 Å². The summed E-state index contributed by atoms with van der Waals surface area (Å²) in [5, 5.41) is 0. The Kier molecular flexibility index (Phi) is 2.87. The Labute approximate surface area is 111 Å². The fraction of sp³-hybridized carbons (Fsp3) is 0.214. The first kappa shape index (κ1) is 11.6. The number of nitrogens with zero attached hydrogens (tertiary/aromatic N) is 3. The number of nitrogen functional groups attached to an aromatic ring is 1. The molecule has 5 nitrogen and oxygen atoms in total. The highest BCUT2D eigenvalue weighted by atomic mass is 16.2. The molecule has 0 saturated carbocycles. The molecule has 1 aromatic carbocycles. The van der Waals surface area contributed by atoms with Crippen LogP contribution in [0.1, 0.15) is 21.6 Å². The lowest BCUT2D eigenvalue weighted by Gasteiger charge is -2.28. The van der Waals surface area contributed by atoms with Crippen molar-refractivity contribution in [1.29, 1.82) is 0 Å². The predicted octanol–water partition coefficient (Wildman–Crippen LogP) is 1.26. The maximum atomic E-state index is 12.3. The summed E-state index contributed by atoms with van der Waals surface area (Å²) in [5.41, 5.74) is 8.20. The van der Waals surface area contributed by atoms with Crippen LogP contribution in [0, 0.1) is 0 Å². The normalized spacial score (nSPS) is 14.0. The average Bonchev–Trinajstić information content (AvgIpc) is 2.47. The quantitative estimate of drug-likeness (QED) is 0.831. The summed E-state index contributed by atoms with van der Waals surface area (Å²) in [7, 11) is 0. The van der Waals surface area contributed by atoms with Crippen molar-refractivity contribution in [2.45, 2.75) is 13.0 Å². The lowest BCUT2D eigenvalue weighted by molar-refractivity contribution is 0.0733. The molecule has 0 aliphatic carbocycles. The van der Waals surface area contributed by atoms with Gasteiger partial charge in [0, 0.05) is 36.8 Å². The van der Waals surface area contributed by atoms with Crippen LogP contribution in [0.15, 0.2) is 36.5 Å². The van der Waals surface area contributed by atoms with Crippen LogP contribution in [0.4, 0.5) is 5.95 Å². The van der Waals surface area contributed by atoms with Crippen LogP contribution in [0.25, 0.3) is 0 Å². The number of carbonyl (C=O) groups excluding carboxylic acids is 1. The molecule has 3 rings (SSSR count). The summed E-state index contributed by atoms with van der Waals surface area (Å²) >= 11 is 0. The summed E-state index contributed by atoms with van der Waals surface area (Å²) in [6.07, 6.45) is 2.43. The van der Waals surface area contributed by atoms with Crippen LogP contribution in [0.2, 0.25) is 0 Å². The second-order valence-corrected chi connectivity index (χ2v) is 4.54. The third-order valence-electron chi connectivity index (χ3n) is 3.26. The molecule has 0 fully saturated rings. The van der Waals surface area contributed by atoms with Crippen LogP contribution in [-0.2, 0) is 13.0 Å². The van der Waals surface area contributed by atoms with Gasteiger partial charge >= 0.3 is 0 Å². The van der Waals surface area contributed by atoms with Crippen molar-refractivity contribution in [3.63, 3.8) is 0 Å². The highest BCUT2D eigenvalue weighted by Crippen LogP contribution is 2.18. The zero-order valence-corrected chi connectivity index (χ0v) is 10.4. The third-order valence-corrected chi connectivity index (χ3v) is 3.26. The van der Waals surface area contributed by atoms with Crippen molar-refractivity contribution in [2.24, 2.45) is 0 Å². The maximum Gasteiger partial charge on any atom is 0.254 e. The van der Waals surface area contributed by atoms with Crippen LogP contribution < -0.4 is 5.73 Å². The van der Waals surface area contributed by atoms with Crippen molar-refractivity contribution in [2.75, 3.05) is 12.3 Å². The minimum atomic E-state index is 0.0445. The molecule has 5 heteroatoms. The van der Waals surface area contributed by atoms with E-state index in [-0.39, 0.29) is 5.91 Å².